The SMILES string of the molecule is C=C/C(=C/C(=C\C(C)C)c1ccc(-c2ccc3c(C4=CC=C5C(=C)C/C=C(c6ccccc6)\C=C(\c6ccccc6)C(C)(C)C54)cccc3c2)cc1)C(C)/C=C\C.CC.CC. The fourth-order valence-corrected chi connectivity index (χ4v) is 8.81. The zero-order valence-corrected chi connectivity index (χ0v) is 38.6. The van der Waals surface area contributed by atoms with Crippen molar-refractivity contribution in [3.8, 4) is 11.1 Å². The second-order valence-corrected chi connectivity index (χ2v) is 16.5. The summed E-state index contributed by atoms with van der Waals surface area (Å²) in [7, 11) is 0. The standard InChI is InChI=1S/C57H56.2C2H6/c1-9-18-40(5)42(10-2)36-50(35-39(3)4)45-29-27-44(28-30-45)47-31-32-52-49(37-47)23-17-24-53(52)54-34-33-51-41(6)25-26-48(43-19-13-11-14-20-43)38-55(57(7,8)56(51)54)46-21-15-12-16-22-46;2*1-2/h9-24,26-40,56H,2,6,25H2,1,3-5,7-8H3;2*1-2H3/b18-9-,42-36-,48-26+,50-35+,55-38-;;. The summed E-state index contributed by atoms with van der Waals surface area (Å²) in [5, 5.41) is 2.51. The van der Waals surface area contributed by atoms with Gasteiger partial charge in [0.15, 0.2) is 0 Å². The molecule has 0 saturated carbocycles. The summed E-state index contributed by atoms with van der Waals surface area (Å²) in [4.78, 5) is 0. The highest BCUT2D eigenvalue weighted by atomic mass is 14.4. The van der Waals surface area contributed by atoms with Gasteiger partial charge in [-0.25, -0.2) is 0 Å². The summed E-state index contributed by atoms with van der Waals surface area (Å²) >= 11 is 0. The van der Waals surface area contributed by atoms with Crippen LogP contribution >= 0.6 is 0 Å². The number of hydrogen-bond donors (Lipinski definition) is 0. The first-order valence-electron chi connectivity index (χ1n) is 22.5. The van der Waals surface area contributed by atoms with Crippen LogP contribution in [0.2, 0.25) is 0 Å². The summed E-state index contributed by atoms with van der Waals surface area (Å²) in [5.74, 6) is 0.859. The number of hydrogen-bond acceptors (Lipinski definition) is 0. The molecule has 0 saturated heterocycles. The van der Waals surface area contributed by atoms with Gasteiger partial charge in [-0.15, -0.1) is 0 Å². The van der Waals surface area contributed by atoms with Crippen LogP contribution in [0.4, 0.5) is 0 Å². The number of benzene rings is 5. The Morgan fingerprint density at radius 2 is 1.33 bits per heavy atom. The first kappa shape index (κ1) is 46.1. The maximum atomic E-state index is 4.71. The van der Waals surface area contributed by atoms with Gasteiger partial charge in [-0.3, -0.25) is 0 Å². The molecule has 0 aliphatic heterocycles. The Labute approximate surface area is 369 Å². The van der Waals surface area contributed by atoms with Gasteiger partial charge in [-0.1, -0.05) is 245 Å². The largest absolute Gasteiger partial charge is 0.0988 e. The van der Waals surface area contributed by atoms with Gasteiger partial charge in [0.1, 0.15) is 0 Å². The molecule has 0 radical (unpaired) electrons. The van der Waals surface area contributed by atoms with Crippen LogP contribution in [0.1, 0.15) is 97.9 Å². The molecular formula is C61H68. The third-order valence-corrected chi connectivity index (χ3v) is 11.8. The fourth-order valence-electron chi connectivity index (χ4n) is 8.81. The zero-order valence-electron chi connectivity index (χ0n) is 38.6. The van der Waals surface area contributed by atoms with E-state index >= 15 is 0 Å². The van der Waals surface area contributed by atoms with E-state index in [0.29, 0.717) is 11.8 Å². The molecule has 61 heavy (non-hydrogen) atoms. The molecule has 0 bridgehead atoms. The van der Waals surface area contributed by atoms with E-state index in [1.54, 1.807) is 0 Å². The smallest absolute Gasteiger partial charge is 0.0190 e. The van der Waals surface area contributed by atoms with Gasteiger partial charge in [-0.2, -0.15) is 0 Å². The van der Waals surface area contributed by atoms with Crippen molar-refractivity contribution in [1.29, 1.82) is 0 Å². The summed E-state index contributed by atoms with van der Waals surface area (Å²) < 4.78 is 0. The first-order chi connectivity index (χ1) is 29.6. The zero-order chi connectivity index (χ0) is 44.1. The van der Waals surface area contributed by atoms with Crippen LogP contribution in [0.15, 0.2) is 206 Å². The van der Waals surface area contributed by atoms with Gasteiger partial charge in [0.05, 0.1) is 0 Å². The lowest BCUT2D eigenvalue weighted by atomic mass is 9.64. The quantitative estimate of drug-likeness (QED) is 0.0975. The van der Waals surface area contributed by atoms with Gasteiger partial charge in [-0.05, 0) is 114 Å². The summed E-state index contributed by atoms with van der Waals surface area (Å²) in [6.07, 6.45) is 21.3. The van der Waals surface area contributed by atoms with Crippen LogP contribution in [0.25, 0.3) is 44.2 Å². The van der Waals surface area contributed by atoms with Crippen LogP contribution in [0, 0.1) is 23.2 Å². The van der Waals surface area contributed by atoms with E-state index in [2.05, 4.69) is 218 Å². The van der Waals surface area contributed by atoms with Crippen molar-refractivity contribution < 1.29 is 0 Å². The van der Waals surface area contributed by atoms with Crippen molar-refractivity contribution in [1.82, 2.24) is 0 Å². The molecule has 0 amide bonds. The topological polar surface area (TPSA) is 0 Å². The van der Waals surface area contributed by atoms with E-state index in [4.69, 9.17) is 6.58 Å². The van der Waals surface area contributed by atoms with E-state index in [1.807, 2.05) is 33.8 Å². The lowest BCUT2D eigenvalue weighted by molar-refractivity contribution is 0.420. The lowest BCUT2D eigenvalue weighted by Crippen LogP contribution is -2.28. The highest BCUT2D eigenvalue weighted by Crippen LogP contribution is 2.55. The fraction of sp³-hybridized carbons (Fsp3) is 0.246. The van der Waals surface area contributed by atoms with Crippen LogP contribution in [0.5, 0.6) is 0 Å². The van der Waals surface area contributed by atoms with Crippen LogP contribution in [0.3, 0.4) is 0 Å². The Balaban J connectivity index is 0.00000171. The number of allylic oxidation sites excluding steroid dienone is 16. The molecule has 0 aromatic heterocycles. The van der Waals surface area contributed by atoms with Crippen LogP contribution < -0.4 is 0 Å². The highest BCUT2D eigenvalue weighted by Gasteiger charge is 2.42. The second-order valence-electron chi connectivity index (χ2n) is 16.5. The van der Waals surface area contributed by atoms with Gasteiger partial charge in [0.25, 0.3) is 0 Å². The lowest BCUT2D eigenvalue weighted by Gasteiger charge is -2.39. The molecule has 0 fully saturated rings. The van der Waals surface area contributed by atoms with Crippen molar-refractivity contribution in [2.45, 2.75) is 75.7 Å². The van der Waals surface area contributed by atoms with E-state index in [0.717, 1.165) is 6.42 Å². The minimum Gasteiger partial charge on any atom is -0.0988 e. The maximum absolute atomic E-state index is 4.71. The van der Waals surface area contributed by atoms with Crippen LogP contribution in [-0.2, 0) is 0 Å². The summed E-state index contributed by atoms with van der Waals surface area (Å²) in [6.45, 7) is 30.5. The molecule has 2 unspecified atom stereocenters. The van der Waals surface area contributed by atoms with Crippen LogP contribution in [-0.4, -0.2) is 0 Å². The van der Waals surface area contributed by atoms with Crippen molar-refractivity contribution in [3.63, 3.8) is 0 Å². The Morgan fingerprint density at radius 1 is 0.705 bits per heavy atom. The average Bonchev–Trinajstić information content (AvgIpc) is 3.76. The first-order valence-corrected chi connectivity index (χ1v) is 22.5. The summed E-state index contributed by atoms with van der Waals surface area (Å²) in [6, 6.07) is 44.6. The average molecular weight is 801 g/mol. The molecule has 0 nitrogen and oxygen atoms in total. The van der Waals surface area contributed by atoms with Gasteiger partial charge in [0.2, 0.25) is 0 Å². The molecule has 0 heterocycles. The number of fused-ring (bicyclic) bond motifs is 2. The van der Waals surface area contributed by atoms with Gasteiger partial charge < -0.3 is 0 Å². The maximum Gasteiger partial charge on any atom is 0.0190 e. The van der Waals surface area contributed by atoms with E-state index in [9.17, 15) is 0 Å². The van der Waals surface area contributed by atoms with Crippen molar-refractivity contribution >= 4 is 33.1 Å². The molecule has 0 spiro atoms. The van der Waals surface area contributed by atoms with Gasteiger partial charge >= 0.3 is 0 Å². The minimum atomic E-state index is -0.254. The predicted molar refractivity (Wildman–Crippen MR) is 273 cm³/mol. The normalized spacial score (nSPS) is 18.7. The molecular weight excluding hydrogens is 733 g/mol. The number of rotatable bonds is 10. The molecule has 2 aliphatic carbocycles. The monoisotopic (exact) mass is 801 g/mol. The molecule has 2 atom stereocenters. The predicted octanol–water partition coefficient (Wildman–Crippen LogP) is 18.0. The van der Waals surface area contributed by atoms with E-state index in [1.165, 1.54) is 83.2 Å². The molecule has 0 heteroatoms. The van der Waals surface area contributed by atoms with Crippen molar-refractivity contribution in [2.75, 3.05) is 0 Å². The highest BCUT2D eigenvalue weighted by molar-refractivity contribution is 5.99. The molecule has 312 valence electrons. The molecule has 7 rings (SSSR count). The van der Waals surface area contributed by atoms with Crippen molar-refractivity contribution in [3.05, 3.63) is 228 Å². The molecule has 2 aliphatic rings. The van der Waals surface area contributed by atoms with Gasteiger partial charge in [0, 0.05) is 11.3 Å². The summed E-state index contributed by atoms with van der Waals surface area (Å²) in [5.41, 5.74) is 16.0. The Morgan fingerprint density at radius 3 is 1.95 bits per heavy atom. The van der Waals surface area contributed by atoms with E-state index < -0.39 is 0 Å². The molecule has 5 aromatic rings. The molecule has 5 aromatic carbocycles. The molecule has 0 N–H and O–H groups in total. The van der Waals surface area contributed by atoms with E-state index in [-0.39, 0.29) is 11.3 Å². The third kappa shape index (κ3) is 10.5. The Kier molecular flexibility index (Phi) is 16.3. The Bertz CT molecular complexity index is 2500. The minimum absolute atomic E-state index is 0.127. The Hall–Kier alpha value is -5.98. The third-order valence-electron chi connectivity index (χ3n) is 11.8. The van der Waals surface area contributed by atoms with Crippen molar-refractivity contribution in [2.24, 2.45) is 23.2 Å². The second kappa shape index (κ2) is 21.5.